The molecule has 0 aromatic rings. The van der Waals surface area contributed by atoms with Crippen LogP contribution in [0.5, 0.6) is 0 Å². The fraction of sp³-hybridized carbons (Fsp3) is 0.857. The smallest absolute Gasteiger partial charge is 0.0473 e. The molecule has 0 aliphatic heterocycles. The molecule has 96 valence electrons. The van der Waals surface area contributed by atoms with Crippen molar-refractivity contribution in [2.45, 2.75) is 57.8 Å². The molecule has 0 fully saturated rings. The Balaban J connectivity index is 2.85. The molecular formula is C14H28OS. The van der Waals surface area contributed by atoms with Gasteiger partial charge in [0.2, 0.25) is 0 Å². The summed E-state index contributed by atoms with van der Waals surface area (Å²) in [6.07, 6.45) is 13.6. The fourth-order valence-corrected chi connectivity index (χ4v) is 1.77. The normalized spacial score (nSPS) is 10.6. The van der Waals surface area contributed by atoms with Gasteiger partial charge in [-0.15, -0.1) is 6.58 Å². The zero-order chi connectivity index (χ0) is 11.9. The number of ether oxygens (including phenoxy) is 1. The average molecular weight is 244 g/mol. The molecule has 0 unspecified atom stereocenters. The molecule has 0 aliphatic rings. The molecule has 0 aliphatic carbocycles. The van der Waals surface area contributed by atoms with E-state index in [0.717, 1.165) is 25.4 Å². The summed E-state index contributed by atoms with van der Waals surface area (Å²) >= 11 is 4.14. The van der Waals surface area contributed by atoms with Gasteiger partial charge in [-0.25, -0.2) is 0 Å². The molecule has 0 rings (SSSR count). The third-order valence-electron chi connectivity index (χ3n) is 2.64. The van der Waals surface area contributed by atoms with Crippen molar-refractivity contribution in [3.8, 4) is 0 Å². The molecule has 2 heteroatoms. The highest BCUT2D eigenvalue weighted by Gasteiger charge is 1.92. The van der Waals surface area contributed by atoms with E-state index >= 15 is 0 Å². The Morgan fingerprint density at radius 3 is 2.00 bits per heavy atom. The minimum absolute atomic E-state index is 0.880. The minimum Gasteiger partial charge on any atom is -0.381 e. The summed E-state index contributed by atoms with van der Waals surface area (Å²) in [5, 5.41) is 0. The van der Waals surface area contributed by atoms with Crippen molar-refractivity contribution in [2.75, 3.05) is 19.0 Å². The predicted molar refractivity (Wildman–Crippen MR) is 76.4 cm³/mol. The van der Waals surface area contributed by atoms with E-state index in [1.54, 1.807) is 0 Å². The van der Waals surface area contributed by atoms with Crippen molar-refractivity contribution in [3.05, 3.63) is 12.7 Å². The molecule has 1 nitrogen and oxygen atoms in total. The van der Waals surface area contributed by atoms with Gasteiger partial charge in [-0.1, -0.05) is 38.2 Å². The molecular weight excluding hydrogens is 216 g/mol. The van der Waals surface area contributed by atoms with Gasteiger partial charge >= 0.3 is 0 Å². The topological polar surface area (TPSA) is 9.23 Å². The monoisotopic (exact) mass is 244 g/mol. The maximum atomic E-state index is 5.47. The first-order valence-corrected chi connectivity index (χ1v) is 7.34. The van der Waals surface area contributed by atoms with E-state index in [0.29, 0.717) is 0 Å². The molecule has 0 saturated carbocycles. The Labute approximate surface area is 107 Å². The van der Waals surface area contributed by atoms with Gasteiger partial charge in [-0.2, -0.15) is 12.6 Å². The molecule has 0 N–H and O–H groups in total. The Morgan fingerprint density at radius 2 is 1.38 bits per heavy atom. The van der Waals surface area contributed by atoms with Crippen LogP contribution in [0, 0.1) is 0 Å². The van der Waals surface area contributed by atoms with Gasteiger partial charge in [-0.3, -0.25) is 0 Å². The molecule has 0 bridgehead atoms. The fourth-order valence-electron chi connectivity index (χ4n) is 1.65. The Hall–Kier alpha value is 0.0500. The average Bonchev–Trinajstić information content (AvgIpc) is 2.31. The zero-order valence-electron chi connectivity index (χ0n) is 10.6. The summed E-state index contributed by atoms with van der Waals surface area (Å²) < 4.78 is 5.47. The molecule has 0 aromatic carbocycles. The van der Waals surface area contributed by atoms with E-state index < -0.39 is 0 Å². The van der Waals surface area contributed by atoms with Crippen LogP contribution < -0.4 is 0 Å². The summed E-state index contributed by atoms with van der Waals surface area (Å²) in [4.78, 5) is 0. The Bertz CT molecular complexity index is 137. The van der Waals surface area contributed by atoms with E-state index in [2.05, 4.69) is 19.2 Å². The van der Waals surface area contributed by atoms with Gasteiger partial charge < -0.3 is 4.74 Å². The lowest BCUT2D eigenvalue weighted by Crippen LogP contribution is -1.97. The van der Waals surface area contributed by atoms with Crippen LogP contribution in [0.3, 0.4) is 0 Å². The van der Waals surface area contributed by atoms with E-state index in [4.69, 9.17) is 4.74 Å². The lowest BCUT2D eigenvalue weighted by Gasteiger charge is -2.03. The van der Waals surface area contributed by atoms with Gasteiger partial charge in [0.1, 0.15) is 0 Å². The van der Waals surface area contributed by atoms with Crippen LogP contribution in [0.25, 0.3) is 0 Å². The van der Waals surface area contributed by atoms with E-state index in [1.807, 2.05) is 6.08 Å². The summed E-state index contributed by atoms with van der Waals surface area (Å²) in [5.41, 5.74) is 0. The number of hydrogen-bond acceptors (Lipinski definition) is 2. The van der Waals surface area contributed by atoms with Crippen molar-refractivity contribution in [3.63, 3.8) is 0 Å². The quantitative estimate of drug-likeness (QED) is 0.282. The largest absolute Gasteiger partial charge is 0.381 e. The van der Waals surface area contributed by atoms with Crippen LogP contribution in [0.15, 0.2) is 12.7 Å². The summed E-state index contributed by atoms with van der Waals surface area (Å²) in [7, 11) is 0. The van der Waals surface area contributed by atoms with E-state index in [-0.39, 0.29) is 0 Å². The van der Waals surface area contributed by atoms with E-state index in [9.17, 15) is 0 Å². The second-order valence-corrected chi connectivity index (χ2v) is 4.69. The van der Waals surface area contributed by atoms with Crippen molar-refractivity contribution in [2.24, 2.45) is 0 Å². The van der Waals surface area contributed by atoms with Gasteiger partial charge in [-0.05, 0) is 31.4 Å². The highest BCUT2D eigenvalue weighted by Crippen LogP contribution is 2.08. The van der Waals surface area contributed by atoms with Crippen LogP contribution in [0.1, 0.15) is 57.8 Å². The zero-order valence-corrected chi connectivity index (χ0v) is 11.5. The highest BCUT2D eigenvalue weighted by atomic mass is 32.1. The third-order valence-corrected chi connectivity index (χ3v) is 2.96. The second-order valence-electron chi connectivity index (χ2n) is 4.24. The summed E-state index contributed by atoms with van der Waals surface area (Å²) in [6, 6.07) is 0. The second kappa shape index (κ2) is 15.0. The molecule has 0 saturated heterocycles. The number of hydrogen-bond donors (Lipinski definition) is 1. The highest BCUT2D eigenvalue weighted by molar-refractivity contribution is 7.80. The SMILES string of the molecule is C=CCCCCCCCCCOCCCS. The van der Waals surface area contributed by atoms with Crippen molar-refractivity contribution < 1.29 is 4.74 Å². The molecule has 0 atom stereocenters. The summed E-state index contributed by atoms with van der Waals surface area (Å²) in [6.45, 7) is 5.55. The molecule has 0 aromatic heterocycles. The molecule has 0 radical (unpaired) electrons. The first-order chi connectivity index (χ1) is 7.91. The maximum absolute atomic E-state index is 5.47. The molecule has 16 heavy (non-hydrogen) atoms. The van der Waals surface area contributed by atoms with Crippen LogP contribution in [0.4, 0.5) is 0 Å². The number of allylic oxidation sites excluding steroid dienone is 1. The number of thiol groups is 1. The van der Waals surface area contributed by atoms with Crippen molar-refractivity contribution in [1.82, 2.24) is 0 Å². The molecule has 0 spiro atoms. The van der Waals surface area contributed by atoms with Crippen LogP contribution in [-0.2, 0) is 4.74 Å². The van der Waals surface area contributed by atoms with Crippen molar-refractivity contribution in [1.29, 1.82) is 0 Å². The first kappa shape index (κ1) is 16.1. The standard InChI is InChI=1S/C14H28OS/c1-2-3-4-5-6-7-8-9-10-12-15-13-11-14-16/h2,16H,1,3-14H2. The van der Waals surface area contributed by atoms with Crippen LogP contribution in [-0.4, -0.2) is 19.0 Å². The first-order valence-electron chi connectivity index (χ1n) is 6.71. The van der Waals surface area contributed by atoms with Gasteiger partial charge in [0, 0.05) is 13.2 Å². The molecule has 0 heterocycles. The third kappa shape index (κ3) is 14.1. The predicted octanol–water partition coefficient (Wildman–Crippen LogP) is 4.63. The Morgan fingerprint density at radius 1 is 0.812 bits per heavy atom. The van der Waals surface area contributed by atoms with Crippen LogP contribution >= 0.6 is 12.6 Å². The number of unbranched alkanes of at least 4 members (excludes halogenated alkanes) is 7. The minimum atomic E-state index is 0.880. The number of rotatable bonds is 13. The Kier molecular flexibility index (Phi) is 15.1. The van der Waals surface area contributed by atoms with E-state index in [1.165, 1.54) is 51.4 Å². The van der Waals surface area contributed by atoms with Crippen molar-refractivity contribution >= 4 is 12.6 Å². The molecule has 0 amide bonds. The van der Waals surface area contributed by atoms with Crippen LogP contribution in [0.2, 0.25) is 0 Å². The van der Waals surface area contributed by atoms with Gasteiger partial charge in [0.05, 0.1) is 0 Å². The lowest BCUT2D eigenvalue weighted by atomic mass is 10.1. The lowest BCUT2D eigenvalue weighted by molar-refractivity contribution is 0.131. The van der Waals surface area contributed by atoms with Gasteiger partial charge in [0.15, 0.2) is 0 Å². The maximum Gasteiger partial charge on any atom is 0.0473 e. The van der Waals surface area contributed by atoms with Gasteiger partial charge in [0.25, 0.3) is 0 Å². The summed E-state index contributed by atoms with van der Waals surface area (Å²) in [5.74, 6) is 0.935.